The number of carbonyl (C=O) groups is 1. The third kappa shape index (κ3) is 3.65. The number of nitrogens with one attached hydrogen (secondary N) is 1. The number of hydrogen-bond acceptors (Lipinski definition) is 4. The second kappa shape index (κ2) is 6.47. The van der Waals surface area contributed by atoms with Crippen molar-refractivity contribution in [2.75, 3.05) is 0 Å². The molecule has 2 atom stereocenters. The Labute approximate surface area is 129 Å². The lowest BCUT2D eigenvalue weighted by Crippen LogP contribution is -2.33. The normalized spacial score (nSPS) is 14.6. The van der Waals surface area contributed by atoms with Crippen molar-refractivity contribution >= 4 is 17.2 Å². The fourth-order valence-corrected chi connectivity index (χ4v) is 2.80. The first kappa shape index (κ1) is 16.5. The summed E-state index contributed by atoms with van der Waals surface area (Å²) in [5, 5.41) is 3.94. The highest BCUT2D eigenvalue weighted by molar-refractivity contribution is 7.09. The molecule has 2 rings (SSSR count). The summed E-state index contributed by atoms with van der Waals surface area (Å²) in [4.78, 5) is 19.6. The van der Waals surface area contributed by atoms with Gasteiger partial charge in [-0.1, -0.05) is 6.92 Å². The maximum atomic E-state index is 12.6. The van der Waals surface area contributed by atoms with E-state index in [4.69, 9.17) is 0 Å². The highest BCUT2D eigenvalue weighted by atomic mass is 32.1. The molecule has 5 nitrogen and oxygen atoms in total. The molecule has 2 aromatic heterocycles. The molecule has 0 saturated heterocycles. The van der Waals surface area contributed by atoms with Gasteiger partial charge in [0.1, 0.15) is 11.0 Å². The van der Waals surface area contributed by atoms with E-state index in [1.807, 2.05) is 0 Å². The first-order chi connectivity index (χ1) is 10.3. The van der Waals surface area contributed by atoms with Gasteiger partial charge in [0.05, 0.1) is 12.4 Å². The first-order valence-corrected chi connectivity index (χ1v) is 7.51. The summed E-state index contributed by atoms with van der Waals surface area (Å²) in [6.07, 6.45) is 0.693. The van der Waals surface area contributed by atoms with Crippen molar-refractivity contribution in [2.24, 2.45) is 0 Å². The second-order valence-corrected chi connectivity index (χ2v) is 5.61. The van der Waals surface area contributed by atoms with Crippen LogP contribution in [0.5, 0.6) is 0 Å². The minimum atomic E-state index is -4.47. The van der Waals surface area contributed by atoms with Gasteiger partial charge in [0.15, 0.2) is 5.69 Å². The molecule has 0 aromatic carbocycles. The fourth-order valence-electron chi connectivity index (χ4n) is 1.84. The van der Waals surface area contributed by atoms with Crippen molar-refractivity contribution in [3.05, 3.63) is 34.8 Å². The lowest BCUT2D eigenvalue weighted by atomic mass is 10.2. The topological polar surface area (TPSA) is 59.8 Å². The number of aromatic nitrogens is 3. The van der Waals surface area contributed by atoms with Gasteiger partial charge >= 0.3 is 6.18 Å². The average molecular weight is 332 g/mol. The number of carbonyl (C=O) groups excluding carboxylic acids is 1. The molecule has 1 N–H and O–H groups in total. The maximum absolute atomic E-state index is 12.6. The van der Waals surface area contributed by atoms with E-state index in [9.17, 15) is 18.0 Å². The van der Waals surface area contributed by atoms with E-state index in [0.717, 1.165) is 16.7 Å². The lowest BCUT2D eigenvalue weighted by Gasteiger charge is -2.18. The molecule has 0 aliphatic rings. The minimum absolute atomic E-state index is 0.251. The second-order valence-electron chi connectivity index (χ2n) is 4.72. The molecule has 22 heavy (non-hydrogen) atoms. The van der Waals surface area contributed by atoms with Crippen molar-refractivity contribution in [3.8, 4) is 0 Å². The van der Waals surface area contributed by atoms with Gasteiger partial charge in [-0.2, -0.15) is 13.2 Å². The molecule has 9 heteroatoms. The Balaban J connectivity index is 2.09. The summed E-state index contributed by atoms with van der Waals surface area (Å²) in [5.74, 6) is -0.298. The predicted octanol–water partition coefficient (Wildman–Crippen LogP) is 3.19. The number of hydrogen-bond donors (Lipinski definition) is 1. The summed E-state index contributed by atoms with van der Waals surface area (Å²) in [6, 6.07) is -1.04. The van der Waals surface area contributed by atoms with E-state index in [2.05, 4.69) is 15.3 Å². The van der Waals surface area contributed by atoms with E-state index in [1.165, 1.54) is 6.33 Å². The van der Waals surface area contributed by atoms with E-state index in [1.54, 1.807) is 30.8 Å². The molecule has 2 heterocycles. The Hall–Kier alpha value is -1.90. The Bertz CT molecular complexity index is 624. The minimum Gasteiger partial charge on any atom is -0.345 e. The number of amides is 1. The van der Waals surface area contributed by atoms with Crippen LogP contribution in [0, 0.1) is 0 Å². The monoisotopic (exact) mass is 332 g/mol. The molecule has 0 radical (unpaired) electrons. The van der Waals surface area contributed by atoms with Crippen LogP contribution in [-0.2, 0) is 11.0 Å². The molecule has 2 aromatic rings. The zero-order valence-corrected chi connectivity index (χ0v) is 12.8. The van der Waals surface area contributed by atoms with Crippen molar-refractivity contribution < 1.29 is 18.0 Å². The van der Waals surface area contributed by atoms with Crippen LogP contribution in [0.2, 0.25) is 0 Å². The average Bonchev–Trinajstić information content (AvgIpc) is 3.13. The van der Waals surface area contributed by atoms with Crippen LogP contribution >= 0.6 is 11.3 Å². The Morgan fingerprint density at radius 2 is 2.23 bits per heavy atom. The highest BCUT2D eigenvalue weighted by Gasteiger charge is 2.34. The fraction of sp³-hybridized carbons (Fsp3) is 0.462. The Kier molecular flexibility index (Phi) is 4.84. The molecule has 0 bridgehead atoms. The molecule has 1 amide bonds. The van der Waals surface area contributed by atoms with E-state index in [-0.39, 0.29) is 10.9 Å². The van der Waals surface area contributed by atoms with Crippen LogP contribution in [-0.4, -0.2) is 20.4 Å². The number of thiazole rings is 1. The smallest absolute Gasteiger partial charge is 0.345 e. The van der Waals surface area contributed by atoms with Gasteiger partial charge < -0.3 is 9.88 Å². The summed E-state index contributed by atoms with van der Waals surface area (Å²) in [7, 11) is 0. The highest BCUT2D eigenvalue weighted by Crippen LogP contribution is 2.32. The van der Waals surface area contributed by atoms with Gasteiger partial charge in [-0.05, 0) is 13.3 Å². The van der Waals surface area contributed by atoms with Crippen LogP contribution in [0.3, 0.4) is 0 Å². The SMILES string of the molecule is CCC(NC(=O)C(C)n1ccnc1)c1nc(C(F)(F)F)cs1. The zero-order valence-electron chi connectivity index (χ0n) is 12.0. The van der Waals surface area contributed by atoms with Gasteiger partial charge in [-0.15, -0.1) is 11.3 Å². The van der Waals surface area contributed by atoms with E-state index < -0.39 is 24.0 Å². The Morgan fingerprint density at radius 3 is 2.73 bits per heavy atom. The molecule has 120 valence electrons. The first-order valence-electron chi connectivity index (χ1n) is 6.63. The molecule has 0 spiro atoms. The van der Waals surface area contributed by atoms with Crippen LogP contribution < -0.4 is 5.32 Å². The third-order valence-electron chi connectivity index (χ3n) is 3.19. The zero-order chi connectivity index (χ0) is 16.3. The number of alkyl halides is 3. The van der Waals surface area contributed by atoms with Gasteiger partial charge in [-0.3, -0.25) is 4.79 Å². The third-order valence-corrected chi connectivity index (χ3v) is 4.15. The molecule has 0 saturated carbocycles. The summed E-state index contributed by atoms with van der Waals surface area (Å²) >= 11 is 0.895. The van der Waals surface area contributed by atoms with E-state index in [0.29, 0.717) is 6.42 Å². The molecule has 2 unspecified atom stereocenters. The summed E-state index contributed by atoms with van der Waals surface area (Å²) in [5.41, 5.74) is -0.928. The Morgan fingerprint density at radius 1 is 1.50 bits per heavy atom. The molecule has 0 aliphatic carbocycles. The van der Waals surface area contributed by atoms with Crippen LogP contribution in [0.25, 0.3) is 0 Å². The standard InChI is InChI=1S/C13H15F3N4OS/c1-3-9(12-19-10(6-22-12)13(14,15)16)18-11(21)8(2)20-5-4-17-7-20/h4-9H,3H2,1-2H3,(H,18,21). The van der Waals surface area contributed by atoms with Crippen molar-refractivity contribution in [1.82, 2.24) is 19.9 Å². The largest absolute Gasteiger partial charge is 0.434 e. The van der Waals surface area contributed by atoms with Crippen molar-refractivity contribution in [1.29, 1.82) is 0 Å². The predicted molar refractivity (Wildman–Crippen MR) is 75.2 cm³/mol. The molecule has 0 aliphatic heterocycles. The van der Waals surface area contributed by atoms with Gasteiger partial charge in [0, 0.05) is 17.8 Å². The van der Waals surface area contributed by atoms with Crippen molar-refractivity contribution in [3.63, 3.8) is 0 Å². The van der Waals surface area contributed by atoms with Gasteiger partial charge in [0.25, 0.3) is 0 Å². The maximum Gasteiger partial charge on any atom is 0.434 e. The molecular weight excluding hydrogens is 317 g/mol. The van der Waals surface area contributed by atoms with Crippen LogP contribution in [0.15, 0.2) is 24.1 Å². The quantitative estimate of drug-likeness (QED) is 0.915. The lowest BCUT2D eigenvalue weighted by molar-refractivity contribution is -0.140. The number of rotatable bonds is 5. The molecule has 0 fully saturated rings. The number of halogens is 3. The molecular formula is C13H15F3N4OS. The summed E-state index contributed by atoms with van der Waals surface area (Å²) in [6.45, 7) is 3.47. The van der Waals surface area contributed by atoms with Crippen molar-refractivity contribution in [2.45, 2.75) is 38.5 Å². The van der Waals surface area contributed by atoms with Crippen LogP contribution in [0.1, 0.15) is 43.1 Å². The van der Waals surface area contributed by atoms with E-state index >= 15 is 0 Å². The van der Waals surface area contributed by atoms with Gasteiger partial charge in [0.2, 0.25) is 5.91 Å². The number of nitrogens with zero attached hydrogens (tertiary/aromatic N) is 3. The summed E-state index contributed by atoms with van der Waals surface area (Å²) < 4.78 is 39.4. The van der Waals surface area contributed by atoms with Crippen LogP contribution in [0.4, 0.5) is 13.2 Å². The van der Waals surface area contributed by atoms with Gasteiger partial charge in [-0.25, -0.2) is 9.97 Å². The number of imidazole rings is 1.